The number of thiophene rings is 1. The number of Topliss-reactive ketones (excluding diaryl/α,β-unsaturated/α-hetero) is 2. The van der Waals surface area contributed by atoms with Crippen LogP contribution in [-0.4, -0.2) is 37.7 Å². The van der Waals surface area contributed by atoms with E-state index in [4.69, 9.17) is 17.3 Å². The molecular weight excluding hydrogens is 474 g/mol. The van der Waals surface area contributed by atoms with E-state index >= 15 is 0 Å². The predicted molar refractivity (Wildman–Crippen MR) is 132 cm³/mol. The number of aromatic nitrogens is 4. The summed E-state index contributed by atoms with van der Waals surface area (Å²) in [5.74, 6) is -0.116. The van der Waals surface area contributed by atoms with Gasteiger partial charge < -0.3 is 5.73 Å². The highest BCUT2D eigenvalue weighted by atomic mass is 35.5. The number of nitrogens with two attached hydrogens (primary N) is 1. The predicted octanol–water partition coefficient (Wildman–Crippen LogP) is 3.87. The van der Waals surface area contributed by atoms with E-state index in [1.807, 2.05) is 0 Å². The molecule has 0 aliphatic rings. The van der Waals surface area contributed by atoms with Crippen LogP contribution in [0.5, 0.6) is 0 Å². The molecule has 174 valence electrons. The molecule has 34 heavy (non-hydrogen) atoms. The molecule has 3 heterocycles. The minimum Gasteiger partial charge on any atom is -0.330 e. The monoisotopic (exact) mass is 495 g/mol. The van der Waals surface area contributed by atoms with Gasteiger partial charge in [0.15, 0.2) is 11.6 Å². The van der Waals surface area contributed by atoms with Gasteiger partial charge in [-0.3, -0.25) is 19.0 Å². The summed E-state index contributed by atoms with van der Waals surface area (Å²) in [6, 6.07) is 13.5. The molecule has 0 atom stereocenters. The summed E-state index contributed by atoms with van der Waals surface area (Å²) in [7, 11) is 0. The fourth-order valence-electron chi connectivity index (χ4n) is 3.49. The molecule has 0 aliphatic heterocycles. The van der Waals surface area contributed by atoms with Gasteiger partial charge in [0.05, 0.1) is 26.8 Å². The molecule has 0 amide bonds. The number of hydrogen-bond donors (Lipinski definition) is 1. The zero-order chi connectivity index (χ0) is 24.1. The Balaban J connectivity index is 1.61. The summed E-state index contributed by atoms with van der Waals surface area (Å²) in [5.41, 5.74) is 7.56. The van der Waals surface area contributed by atoms with Crippen molar-refractivity contribution in [2.24, 2.45) is 5.73 Å². The lowest BCUT2D eigenvalue weighted by Gasteiger charge is -2.12. The molecule has 0 fully saturated rings. The van der Waals surface area contributed by atoms with E-state index in [1.54, 1.807) is 54.9 Å². The molecule has 0 saturated carbocycles. The van der Waals surface area contributed by atoms with Crippen molar-refractivity contribution in [2.75, 3.05) is 6.54 Å². The summed E-state index contributed by atoms with van der Waals surface area (Å²) in [6.07, 6.45) is 4.85. The lowest BCUT2D eigenvalue weighted by molar-refractivity contribution is 0.0975. The van der Waals surface area contributed by atoms with Gasteiger partial charge in [0.1, 0.15) is 0 Å². The Labute approximate surface area is 204 Å². The third-order valence-electron chi connectivity index (χ3n) is 5.23. The fraction of sp³-hybridized carbons (Fsp3) is 0.208. The van der Waals surface area contributed by atoms with Crippen molar-refractivity contribution in [1.82, 2.24) is 19.6 Å². The highest BCUT2D eigenvalue weighted by Gasteiger charge is 2.17. The van der Waals surface area contributed by atoms with Crippen LogP contribution in [0.4, 0.5) is 0 Å². The summed E-state index contributed by atoms with van der Waals surface area (Å²) in [6.45, 7) is 0.399. The molecule has 0 aliphatic carbocycles. The summed E-state index contributed by atoms with van der Waals surface area (Å²) in [5, 5.41) is 8.35. The maximum absolute atomic E-state index is 13.0. The van der Waals surface area contributed by atoms with E-state index in [2.05, 4.69) is 10.3 Å². The molecule has 8 nitrogen and oxygen atoms in total. The molecule has 0 bridgehead atoms. The van der Waals surface area contributed by atoms with E-state index in [0.717, 1.165) is 0 Å². The Kier molecular flexibility index (Phi) is 7.46. The van der Waals surface area contributed by atoms with Crippen LogP contribution in [0.1, 0.15) is 45.0 Å². The highest BCUT2D eigenvalue weighted by molar-refractivity contribution is 7.18. The Hall–Kier alpha value is -3.40. The van der Waals surface area contributed by atoms with Crippen LogP contribution in [0, 0.1) is 0 Å². The lowest BCUT2D eigenvalue weighted by atomic mass is 10.0. The molecular formula is C24H22ClN5O3S. The first-order valence-corrected chi connectivity index (χ1v) is 11.9. The zero-order valence-corrected chi connectivity index (χ0v) is 19.8. The average molecular weight is 496 g/mol. The quantitative estimate of drug-likeness (QED) is 0.334. The van der Waals surface area contributed by atoms with Crippen molar-refractivity contribution in [3.05, 3.63) is 91.7 Å². The van der Waals surface area contributed by atoms with Crippen LogP contribution < -0.4 is 11.3 Å². The van der Waals surface area contributed by atoms with Gasteiger partial charge in [-0.25, -0.2) is 4.68 Å². The number of rotatable bonds is 10. The number of carbonyl (C=O) groups is 2. The number of hydrogen-bond acceptors (Lipinski definition) is 7. The van der Waals surface area contributed by atoms with Gasteiger partial charge in [-0.05, 0) is 49.4 Å². The molecule has 4 rings (SSSR count). The van der Waals surface area contributed by atoms with Crippen molar-refractivity contribution >= 4 is 34.5 Å². The van der Waals surface area contributed by atoms with Crippen LogP contribution in [0.15, 0.2) is 65.7 Å². The van der Waals surface area contributed by atoms with Crippen LogP contribution >= 0.6 is 22.9 Å². The SMILES string of the molecule is NCCCC(=O)c1cc(-n2ccccc2=O)ccc1-n1cc(CCC(=O)c2ccc(Cl)s2)nn1. The van der Waals surface area contributed by atoms with Crippen molar-refractivity contribution < 1.29 is 9.59 Å². The number of pyridine rings is 1. The number of halogens is 1. The number of carbonyl (C=O) groups excluding carboxylic acids is 2. The molecule has 4 aromatic rings. The molecule has 10 heteroatoms. The Bertz CT molecular complexity index is 1390. The van der Waals surface area contributed by atoms with Crippen molar-refractivity contribution in [2.45, 2.75) is 25.7 Å². The Morgan fingerprint density at radius 2 is 1.91 bits per heavy atom. The standard InChI is InChI=1S/C24H22ClN5O3S/c25-23-11-10-22(34-23)21(32)9-6-16-15-30(28-27-16)19-8-7-17(29-13-2-1-5-24(29)33)14-18(19)20(31)4-3-12-26/h1-2,5,7-8,10-11,13-15H,3-4,6,9,12,26H2. The average Bonchev–Trinajstić information content (AvgIpc) is 3.50. The maximum Gasteiger partial charge on any atom is 0.255 e. The van der Waals surface area contributed by atoms with E-state index in [0.29, 0.717) is 51.2 Å². The van der Waals surface area contributed by atoms with E-state index in [9.17, 15) is 14.4 Å². The number of ketones is 2. The molecule has 0 radical (unpaired) electrons. The second kappa shape index (κ2) is 10.7. The molecule has 0 unspecified atom stereocenters. The minimum absolute atomic E-state index is 0.0123. The van der Waals surface area contributed by atoms with Gasteiger partial charge in [0.25, 0.3) is 5.56 Å². The Morgan fingerprint density at radius 3 is 2.65 bits per heavy atom. The van der Waals surface area contributed by atoms with Gasteiger partial charge in [-0.1, -0.05) is 22.9 Å². The van der Waals surface area contributed by atoms with Crippen LogP contribution in [-0.2, 0) is 6.42 Å². The first-order valence-electron chi connectivity index (χ1n) is 10.7. The first kappa shape index (κ1) is 23.7. The zero-order valence-electron chi connectivity index (χ0n) is 18.2. The van der Waals surface area contributed by atoms with Crippen molar-refractivity contribution in [3.8, 4) is 11.4 Å². The molecule has 0 spiro atoms. The van der Waals surface area contributed by atoms with E-state index in [-0.39, 0.29) is 30.0 Å². The minimum atomic E-state index is -0.199. The fourth-order valence-corrected chi connectivity index (χ4v) is 4.51. The van der Waals surface area contributed by atoms with Gasteiger partial charge in [-0.2, -0.15) is 0 Å². The van der Waals surface area contributed by atoms with E-state index < -0.39 is 0 Å². The summed E-state index contributed by atoms with van der Waals surface area (Å²) < 4.78 is 3.57. The third kappa shape index (κ3) is 5.39. The van der Waals surface area contributed by atoms with E-state index in [1.165, 1.54) is 26.7 Å². The number of nitrogens with zero attached hydrogens (tertiary/aromatic N) is 4. The summed E-state index contributed by atoms with van der Waals surface area (Å²) >= 11 is 7.16. The molecule has 0 saturated heterocycles. The van der Waals surface area contributed by atoms with Crippen LogP contribution in [0.25, 0.3) is 11.4 Å². The normalized spacial score (nSPS) is 11.0. The maximum atomic E-state index is 13.0. The summed E-state index contributed by atoms with van der Waals surface area (Å²) in [4.78, 5) is 38.2. The number of benzene rings is 1. The van der Waals surface area contributed by atoms with Crippen LogP contribution in [0.3, 0.4) is 0 Å². The third-order valence-corrected chi connectivity index (χ3v) is 6.51. The van der Waals surface area contributed by atoms with Gasteiger partial charge in [0, 0.05) is 42.8 Å². The second-order valence-corrected chi connectivity index (χ2v) is 9.32. The lowest BCUT2D eigenvalue weighted by Crippen LogP contribution is -2.17. The highest BCUT2D eigenvalue weighted by Crippen LogP contribution is 2.24. The Morgan fingerprint density at radius 1 is 1.06 bits per heavy atom. The molecule has 1 aromatic carbocycles. The number of aryl methyl sites for hydroxylation is 1. The largest absolute Gasteiger partial charge is 0.330 e. The first-order chi connectivity index (χ1) is 16.5. The molecule has 3 aromatic heterocycles. The van der Waals surface area contributed by atoms with Crippen molar-refractivity contribution in [1.29, 1.82) is 0 Å². The van der Waals surface area contributed by atoms with Gasteiger partial charge in [0.2, 0.25) is 0 Å². The second-order valence-electron chi connectivity index (χ2n) is 7.61. The van der Waals surface area contributed by atoms with Crippen molar-refractivity contribution in [3.63, 3.8) is 0 Å². The topological polar surface area (TPSA) is 113 Å². The van der Waals surface area contributed by atoms with Gasteiger partial charge >= 0.3 is 0 Å². The smallest absolute Gasteiger partial charge is 0.255 e. The van der Waals surface area contributed by atoms with Crippen LogP contribution in [0.2, 0.25) is 4.34 Å². The molecule has 2 N–H and O–H groups in total. The van der Waals surface area contributed by atoms with Gasteiger partial charge in [-0.15, -0.1) is 16.4 Å².